The van der Waals surface area contributed by atoms with Crippen molar-refractivity contribution in [2.75, 3.05) is 11.9 Å². The highest BCUT2D eigenvalue weighted by molar-refractivity contribution is 7.13. The number of nitrogens with zero attached hydrogens (tertiary/aromatic N) is 1. The summed E-state index contributed by atoms with van der Waals surface area (Å²) < 4.78 is 12.0. The summed E-state index contributed by atoms with van der Waals surface area (Å²) in [5, 5.41) is 6.34. The molecule has 0 bridgehead atoms. The minimum absolute atomic E-state index is 0.219. The second-order valence-corrected chi connectivity index (χ2v) is 9.12. The average molecular weight is 461 g/mol. The summed E-state index contributed by atoms with van der Waals surface area (Å²) in [7, 11) is 0. The molecule has 6 heteroatoms. The van der Waals surface area contributed by atoms with Crippen LogP contribution < -0.4 is 10.1 Å². The van der Waals surface area contributed by atoms with Gasteiger partial charge in [-0.15, -0.1) is 11.3 Å². The quantitative estimate of drug-likeness (QED) is 0.308. The van der Waals surface area contributed by atoms with Crippen molar-refractivity contribution < 1.29 is 13.9 Å². The maximum Gasteiger partial charge on any atom is 0.250 e. The Morgan fingerprint density at radius 3 is 2.64 bits per heavy atom. The van der Waals surface area contributed by atoms with Crippen molar-refractivity contribution in [3.8, 4) is 16.9 Å². The monoisotopic (exact) mass is 460 g/mol. The van der Waals surface area contributed by atoms with Crippen LogP contribution in [0.4, 0.5) is 5.13 Å². The number of ether oxygens (including phenoxy) is 1. The minimum Gasteiger partial charge on any atom is -0.493 e. The van der Waals surface area contributed by atoms with Gasteiger partial charge < -0.3 is 9.15 Å². The fourth-order valence-electron chi connectivity index (χ4n) is 4.09. The molecular weight excluding hydrogens is 432 g/mol. The normalized spacial score (nSPS) is 11.8. The Kier molecular flexibility index (Phi) is 6.38. The molecule has 1 amide bonds. The Bertz CT molecular complexity index is 1380. The van der Waals surface area contributed by atoms with E-state index < -0.39 is 0 Å². The van der Waals surface area contributed by atoms with Crippen LogP contribution in [0.1, 0.15) is 41.8 Å². The zero-order chi connectivity index (χ0) is 23.7. The molecule has 33 heavy (non-hydrogen) atoms. The molecule has 2 heterocycles. The van der Waals surface area contributed by atoms with Gasteiger partial charge >= 0.3 is 0 Å². The molecule has 0 aliphatic heterocycles. The predicted octanol–water partition coefficient (Wildman–Crippen LogP) is 7.23. The van der Waals surface area contributed by atoms with E-state index in [2.05, 4.69) is 48.4 Å². The van der Waals surface area contributed by atoms with Gasteiger partial charge in [0.05, 0.1) is 18.6 Å². The molecule has 0 atom stereocenters. The number of hydrogen-bond acceptors (Lipinski definition) is 5. The van der Waals surface area contributed by atoms with Gasteiger partial charge in [0.15, 0.2) is 5.13 Å². The molecule has 170 valence electrons. The number of aromatic nitrogens is 1. The zero-order valence-corrected chi connectivity index (χ0v) is 20.6. The third kappa shape index (κ3) is 4.57. The third-order valence-corrected chi connectivity index (χ3v) is 6.50. The lowest BCUT2D eigenvalue weighted by molar-refractivity contribution is -0.111. The fraction of sp³-hybridized carbons (Fsp3) is 0.259. The number of rotatable bonds is 6. The van der Waals surface area contributed by atoms with E-state index in [1.165, 1.54) is 22.5 Å². The van der Waals surface area contributed by atoms with Crippen molar-refractivity contribution in [2.24, 2.45) is 0 Å². The summed E-state index contributed by atoms with van der Waals surface area (Å²) in [6.45, 7) is 12.5. The van der Waals surface area contributed by atoms with Crippen LogP contribution in [0.2, 0.25) is 0 Å². The number of carbonyl (C=O) groups excluding carboxylic acids is 1. The average Bonchev–Trinajstić information content (AvgIpc) is 3.36. The molecule has 5 nitrogen and oxygen atoms in total. The first-order chi connectivity index (χ1) is 15.8. The molecule has 0 saturated carbocycles. The van der Waals surface area contributed by atoms with E-state index in [9.17, 15) is 4.79 Å². The van der Waals surface area contributed by atoms with Crippen molar-refractivity contribution in [1.82, 2.24) is 4.98 Å². The highest BCUT2D eigenvalue weighted by Crippen LogP contribution is 2.41. The number of hydrogen-bond donors (Lipinski definition) is 1. The Morgan fingerprint density at radius 1 is 1.18 bits per heavy atom. The standard InChI is InChI=1S/C27H28N2O3S/c1-7-31-25-19(6)26-22(23(13-32-26)20-9-8-15(2)10-16(20)3)12-21(25)17(4)11-24(30)29-27-28-18(5)14-33-27/h8-14H,7H2,1-6H3,(H,28,29,30)/b17-11+. The van der Waals surface area contributed by atoms with E-state index in [4.69, 9.17) is 9.15 Å². The summed E-state index contributed by atoms with van der Waals surface area (Å²) in [5.74, 6) is 0.516. The number of allylic oxidation sites excluding steroid dienone is 1. The number of benzene rings is 2. The first kappa shape index (κ1) is 22.8. The van der Waals surface area contributed by atoms with E-state index in [-0.39, 0.29) is 5.91 Å². The van der Waals surface area contributed by atoms with Crippen molar-refractivity contribution in [2.45, 2.75) is 41.5 Å². The number of amides is 1. The summed E-state index contributed by atoms with van der Waals surface area (Å²) >= 11 is 1.41. The van der Waals surface area contributed by atoms with E-state index >= 15 is 0 Å². The van der Waals surface area contributed by atoms with Crippen LogP contribution in [-0.4, -0.2) is 17.5 Å². The Labute approximate surface area is 198 Å². The number of fused-ring (bicyclic) bond motifs is 1. The Balaban J connectivity index is 1.82. The molecule has 4 aromatic rings. The molecule has 4 rings (SSSR count). The smallest absolute Gasteiger partial charge is 0.250 e. The molecular formula is C27H28N2O3S. The molecule has 0 unspecified atom stereocenters. The molecule has 2 aromatic carbocycles. The van der Waals surface area contributed by atoms with Gasteiger partial charge in [-0.25, -0.2) is 4.98 Å². The van der Waals surface area contributed by atoms with Crippen molar-refractivity contribution in [3.63, 3.8) is 0 Å². The van der Waals surface area contributed by atoms with Gasteiger partial charge in [-0.3, -0.25) is 10.1 Å². The highest BCUT2D eigenvalue weighted by Gasteiger charge is 2.20. The van der Waals surface area contributed by atoms with Crippen LogP contribution in [0.15, 0.2) is 46.4 Å². The van der Waals surface area contributed by atoms with Crippen LogP contribution in [0.25, 0.3) is 27.7 Å². The fourth-order valence-corrected chi connectivity index (χ4v) is 4.78. The van der Waals surface area contributed by atoms with Gasteiger partial charge in [0.1, 0.15) is 11.3 Å². The summed E-state index contributed by atoms with van der Waals surface area (Å²) in [6.07, 6.45) is 3.40. The first-order valence-corrected chi connectivity index (χ1v) is 11.8. The van der Waals surface area contributed by atoms with Gasteiger partial charge in [-0.1, -0.05) is 23.8 Å². The molecule has 0 fully saturated rings. The highest BCUT2D eigenvalue weighted by atomic mass is 32.1. The Morgan fingerprint density at radius 2 is 1.97 bits per heavy atom. The third-order valence-electron chi connectivity index (χ3n) is 5.63. The van der Waals surface area contributed by atoms with E-state index in [1.807, 2.05) is 39.3 Å². The lowest BCUT2D eigenvalue weighted by Gasteiger charge is -2.15. The van der Waals surface area contributed by atoms with E-state index in [0.717, 1.165) is 50.2 Å². The van der Waals surface area contributed by atoms with Crippen molar-refractivity contribution in [1.29, 1.82) is 0 Å². The first-order valence-electron chi connectivity index (χ1n) is 11.0. The van der Waals surface area contributed by atoms with Gasteiger partial charge in [-0.2, -0.15) is 0 Å². The van der Waals surface area contributed by atoms with Gasteiger partial charge in [0.2, 0.25) is 5.91 Å². The number of aryl methyl sites for hydroxylation is 4. The second kappa shape index (κ2) is 9.24. The lowest BCUT2D eigenvalue weighted by Crippen LogP contribution is -2.08. The molecule has 0 spiro atoms. The van der Waals surface area contributed by atoms with Crippen LogP contribution >= 0.6 is 11.3 Å². The molecule has 0 aliphatic rings. The molecule has 0 radical (unpaired) electrons. The molecule has 0 aliphatic carbocycles. The number of thiazole rings is 1. The van der Waals surface area contributed by atoms with Gasteiger partial charge in [0, 0.05) is 33.5 Å². The summed E-state index contributed by atoms with van der Waals surface area (Å²) in [4.78, 5) is 17.0. The van der Waals surface area contributed by atoms with Crippen molar-refractivity contribution in [3.05, 3.63) is 69.9 Å². The van der Waals surface area contributed by atoms with Crippen LogP contribution in [0, 0.1) is 27.7 Å². The predicted molar refractivity (Wildman–Crippen MR) is 136 cm³/mol. The number of carbonyl (C=O) groups is 1. The molecule has 0 saturated heterocycles. The summed E-state index contributed by atoms with van der Waals surface area (Å²) in [5.41, 5.74) is 8.86. The van der Waals surface area contributed by atoms with E-state index in [0.29, 0.717) is 11.7 Å². The maximum absolute atomic E-state index is 12.7. The Hall–Kier alpha value is -3.38. The molecule has 1 N–H and O–H groups in total. The second-order valence-electron chi connectivity index (χ2n) is 8.27. The topological polar surface area (TPSA) is 64.4 Å². The van der Waals surface area contributed by atoms with Crippen LogP contribution in [-0.2, 0) is 4.79 Å². The number of nitrogens with one attached hydrogen (secondary N) is 1. The maximum atomic E-state index is 12.7. The largest absolute Gasteiger partial charge is 0.493 e. The number of anilines is 1. The van der Waals surface area contributed by atoms with Crippen molar-refractivity contribution >= 4 is 38.9 Å². The lowest BCUT2D eigenvalue weighted by atomic mass is 9.94. The molecule has 2 aromatic heterocycles. The number of furan rings is 1. The van der Waals surface area contributed by atoms with Crippen LogP contribution in [0.3, 0.4) is 0 Å². The summed E-state index contributed by atoms with van der Waals surface area (Å²) in [6, 6.07) is 8.48. The van der Waals surface area contributed by atoms with Crippen LogP contribution in [0.5, 0.6) is 5.75 Å². The van der Waals surface area contributed by atoms with Gasteiger partial charge in [0.25, 0.3) is 0 Å². The SMILES string of the molecule is CCOc1c(/C(C)=C/C(=O)Nc2nc(C)cs2)cc2c(-c3ccc(C)cc3C)coc2c1C. The van der Waals surface area contributed by atoms with E-state index in [1.54, 1.807) is 6.08 Å². The van der Waals surface area contributed by atoms with Gasteiger partial charge in [-0.05, 0) is 64.3 Å². The zero-order valence-electron chi connectivity index (χ0n) is 19.8. The minimum atomic E-state index is -0.219.